The fourth-order valence-corrected chi connectivity index (χ4v) is 5.00. The third kappa shape index (κ3) is 4.90. The van der Waals surface area contributed by atoms with Crippen LogP contribution in [0.25, 0.3) is 11.0 Å². The molecular weight excluding hydrogens is 440 g/mol. The van der Waals surface area contributed by atoms with Gasteiger partial charge in [0.25, 0.3) is 0 Å². The molecule has 0 radical (unpaired) electrons. The highest BCUT2D eigenvalue weighted by Crippen LogP contribution is 2.34. The molecule has 35 heavy (non-hydrogen) atoms. The summed E-state index contributed by atoms with van der Waals surface area (Å²) in [5.41, 5.74) is 2.63. The smallest absolute Gasteiger partial charge is 0.243 e. The molecule has 186 valence electrons. The van der Waals surface area contributed by atoms with E-state index in [2.05, 4.69) is 27.7 Å². The molecule has 0 saturated carbocycles. The largest absolute Gasteiger partial charge is 0.497 e. The summed E-state index contributed by atoms with van der Waals surface area (Å²) in [6.07, 6.45) is 2.17. The van der Waals surface area contributed by atoms with Gasteiger partial charge in [-0.3, -0.25) is 9.59 Å². The van der Waals surface area contributed by atoms with E-state index in [1.807, 2.05) is 58.0 Å². The van der Waals surface area contributed by atoms with E-state index < -0.39 is 0 Å². The molecule has 1 aliphatic heterocycles. The molecule has 1 aromatic heterocycles. The number of ether oxygens (including phenoxy) is 1. The number of hydrogen-bond donors (Lipinski definition) is 0. The Balaban J connectivity index is 1.66. The zero-order valence-electron chi connectivity index (χ0n) is 21.4. The zero-order valence-corrected chi connectivity index (χ0v) is 21.4. The van der Waals surface area contributed by atoms with Crippen LogP contribution in [0, 0.1) is 0 Å². The Morgan fingerprint density at radius 1 is 1.09 bits per heavy atom. The molecule has 3 unspecified atom stereocenters. The van der Waals surface area contributed by atoms with Crippen molar-refractivity contribution in [3.63, 3.8) is 0 Å². The minimum absolute atomic E-state index is 0.0611. The maximum Gasteiger partial charge on any atom is 0.243 e. The van der Waals surface area contributed by atoms with Gasteiger partial charge < -0.3 is 19.1 Å². The lowest BCUT2D eigenvalue weighted by molar-refractivity contribution is -0.136. The number of carbonyl (C=O) groups excluding carboxylic acids is 2. The summed E-state index contributed by atoms with van der Waals surface area (Å²) in [5.74, 6) is 1.62. The van der Waals surface area contributed by atoms with E-state index in [4.69, 9.17) is 9.72 Å². The van der Waals surface area contributed by atoms with E-state index in [0.717, 1.165) is 41.1 Å². The minimum atomic E-state index is -0.0922. The number of nitrogens with zero attached hydrogens (tertiary/aromatic N) is 4. The average Bonchev–Trinajstić information content (AvgIpc) is 3.44. The first-order chi connectivity index (χ1) is 16.9. The Bertz CT molecular complexity index is 1180. The lowest BCUT2D eigenvalue weighted by Gasteiger charge is -2.34. The lowest BCUT2D eigenvalue weighted by Crippen LogP contribution is -2.46. The van der Waals surface area contributed by atoms with E-state index in [-0.39, 0.29) is 36.4 Å². The third-order valence-corrected chi connectivity index (χ3v) is 7.27. The standard InChI is InChI=1S/C28H36N4O3/c1-6-19(3)32(20(4)7-2)27(34)18-31-25-11-9-8-10-24(25)29-28(31)21-16-26(33)30(17-21)22-12-14-23(35-5)15-13-22/h8-15,19-21H,6-7,16-18H2,1-5H3. The molecule has 7 nitrogen and oxygen atoms in total. The summed E-state index contributed by atoms with van der Waals surface area (Å²) < 4.78 is 7.28. The quantitative estimate of drug-likeness (QED) is 0.436. The van der Waals surface area contributed by atoms with Crippen molar-refractivity contribution in [2.24, 2.45) is 0 Å². The molecule has 0 bridgehead atoms. The number of hydrogen-bond acceptors (Lipinski definition) is 4. The second kappa shape index (κ2) is 10.5. The minimum Gasteiger partial charge on any atom is -0.497 e. The van der Waals surface area contributed by atoms with Crippen molar-refractivity contribution >= 4 is 28.5 Å². The Kier molecular flexibility index (Phi) is 7.43. The molecule has 1 saturated heterocycles. The normalized spacial score (nSPS) is 17.6. The maximum absolute atomic E-state index is 13.6. The topological polar surface area (TPSA) is 67.7 Å². The van der Waals surface area contributed by atoms with Gasteiger partial charge in [0.1, 0.15) is 18.1 Å². The van der Waals surface area contributed by atoms with Gasteiger partial charge in [-0.25, -0.2) is 4.98 Å². The van der Waals surface area contributed by atoms with Crippen molar-refractivity contribution in [2.75, 3.05) is 18.6 Å². The first kappa shape index (κ1) is 24.8. The number of anilines is 1. The summed E-state index contributed by atoms with van der Waals surface area (Å²) in [6.45, 7) is 9.20. The fraction of sp³-hybridized carbons (Fsp3) is 0.464. The number of imidazole rings is 1. The number of para-hydroxylation sites is 2. The third-order valence-electron chi connectivity index (χ3n) is 7.27. The summed E-state index contributed by atoms with van der Waals surface area (Å²) >= 11 is 0. The van der Waals surface area contributed by atoms with E-state index in [0.29, 0.717) is 13.0 Å². The molecule has 2 amide bonds. The van der Waals surface area contributed by atoms with Gasteiger partial charge in [-0.15, -0.1) is 0 Å². The van der Waals surface area contributed by atoms with Crippen LogP contribution in [0.15, 0.2) is 48.5 Å². The van der Waals surface area contributed by atoms with Gasteiger partial charge in [-0.1, -0.05) is 26.0 Å². The van der Waals surface area contributed by atoms with Crippen LogP contribution in [0.4, 0.5) is 5.69 Å². The zero-order chi connectivity index (χ0) is 25.1. The number of methoxy groups -OCH3 is 1. The summed E-state index contributed by atoms with van der Waals surface area (Å²) in [6, 6.07) is 15.8. The molecule has 1 fully saturated rings. The number of carbonyl (C=O) groups is 2. The van der Waals surface area contributed by atoms with Gasteiger partial charge in [-0.05, 0) is 63.1 Å². The molecule has 2 heterocycles. The van der Waals surface area contributed by atoms with Gasteiger partial charge in [0.2, 0.25) is 11.8 Å². The summed E-state index contributed by atoms with van der Waals surface area (Å²) in [7, 11) is 1.63. The second-order valence-electron chi connectivity index (χ2n) is 9.46. The predicted octanol–water partition coefficient (Wildman–Crippen LogP) is 4.99. The first-order valence-corrected chi connectivity index (χ1v) is 12.6. The van der Waals surface area contributed by atoms with Crippen molar-refractivity contribution in [1.29, 1.82) is 0 Å². The molecule has 2 aromatic carbocycles. The average molecular weight is 477 g/mol. The molecule has 0 N–H and O–H groups in total. The van der Waals surface area contributed by atoms with Crippen LogP contribution in [0.5, 0.6) is 5.75 Å². The monoisotopic (exact) mass is 476 g/mol. The molecule has 7 heteroatoms. The Morgan fingerprint density at radius 3 is 2.37 bits per heavy atom. The summed E-state index contributed by atoms with van der Waals surface area (Å²) in [5, 5.41) is 0. The number of rotatable bonds is 9. The molecule has 0 aliphatic carbocycles. The Labute approximate surface area is 207 Å². The van der Waals surface area contributed by atoms with Crippen LogP contribution >= 0.6 is 0 Å². The highest BCUT2D eigenvalue weighted by molar-refractivity contribution is 5.96. The van der Waals surface area contributed by atoms with Crippen LogP contribution in [0.2, 0.25) is 0 Å². The molecule has 3 atom stereocenters. The highest BCUT2D eigenvalue weighted by atomic mass is 16.5. The van der Waals surface area contributed by atoms with E-state index in [1.165, 1.54) is 0 Å². The second-order valence-corrected chi connectivity index (χ2v) is 9.46. The van der Waals surface area contributed by atoms with Crippen LogP contribution < -0.4 is 9.64 Å². The first-order valence-electron chi connectivity index (χ1n) is 12.6. The van der Waals surface area contributed by atoms with Gasteiger partial charge in [-0.2, -0.15) is 0 Å². The van der Waals surface area contributed by atoms with Crippen LogP contribution in [0.3, 0.4) is 0 Å². The van der Waals surface area contributed by atoms with Crippen molar-refractivity contribution in [3.8, 4) is 5.75 Å². The number of amides is 2. The summed E-state index contributed by atoms with van der Waals surface area (Å²) in [4.78, 5) is 35.4. The molecule has 1 aliphatic rings. The Morgan fingerprint density at radius 2 is 1.74 bits per heavy atom. The van der Waals surface area contributed by atoms with Gasteiger partial charge in [0, 0.05) is 36.7 Å². The van der Waals surface area contributed by atoms with Crippen LogP contribution in [0.1, 0.15) is 58.7 Å². The van der Waals surface area contributed by atoms with Gasteiger partial charge >= 0.3 is 0 Å². The van der Waals surface area contributed by atoms with E-state index >= 15 is 0 Å². The van der Waals surface area contributed by atoms with Crippen molar-refractivity contribution in [1.82, 2.24) is 14.5 Å². The SMILES string of the molecule is CCC(C)N(C(=O)Cn1c(C2CC(=O)N(c3ccc(OC)cc3)C2)nc2ccccc21)C(C)CC. The molecule has 3 aromatic rings. The number of fused-ring (bicyclic) bond motifs is 1. The van der Waals surface area contributed by atoms with Crippen molar-refractivity contribution < 1.29 is 14.3 Å². The van der Waals surface area contributed by atoms with Crippen molar-refractivity contribution in [2.45, 2.75) is 71.5 Å². The number of benzene rings is 2. The number of aromatic nitrogens is 2. The van der Waals surface area contributed by atoms with Gasteiger partial charge in [0.05, 0.1) is 18.1 Å². The maximum atomic E-state index is 13.6. The van der Waals surface area contributed by atoms with Crippen LogP contribution in [-0.2, 0) is 16.1 Å². The lowest BCUT2D eigenvalue weighted by atomic mass is 10.1. The molecule has 0 spiro atoms. The van der Waals surface area contributed by atoms with Crippen LogP contribution in [-0.4, -0.2) is 52.0 Å². The predicted molar refractivity (Wildman–Crippen MR) is 139 cm³/mol. The highest BCUT2D eigenvalue weighted by Gasteiger charge is 2.35. The molecular formula is C28H36N4O3. The van der Waals surface area contributed by atoms with E-state index in [9.17, 15) is 9.59 Å². The van der Waals surface area contributed by atoms with Crippen molar-refractivity contribution in [3.05, 3.63) is 54.4 Å². The Hall–Kier alpha value is -3.35. The fourth-order valence-electron chi connectivity index (χ4n) is 5.00. The van der Waals surface area contributed by atoms with E-state index in [1.54, 1.807) is 12.0 Å². The molecule has 4 rings (SSSR count). The van der Waals surface area contributed by atoms with Gasteiger partial charge in [0.15, 0.2) is 0 Å².